The summed E-state index contributed by atoms with van der Waals surface area (Å²) in [7, 11) is -2.55. The minimum Gasteiger partial charge on any atom is -0.495 e. The van der Waals surface area contributed by atoms with Crippen LogP contribution in [0.2, 0.25) is 0 Å². The van der Waals surface area contributed by atoms with Gasteiger partial charge in [-0.15, -0.1) is 0 Å². The van der Waals surface area contributed by atoms with Gasteiger partial charge >= 0.3 is 11.9 Å². The van der Waals surface area contributed by atoms with Crippen LogP contribution in [0.25, 0.3) is 0 Å². The molecule has 1 fully saturated rings. The molecule has 0 saturated carbocycles. The molecule has 1 N–H and O–H groups in total. The summed E-state index contributed by atoms with van der Waals surface area (Å²) >= 11 is 0. The minimum absolute atomic E-state index is 0.0580. The number of rotatable bonds is 6. The van der Waals surface area contributed by atoms with Crippen LogP contribution in [-0.2, 0) is 24.3 Å². The Morgan fingerprint density at radius 3 is 2.64 bits per heavy atom. The average Bonchev–Trinajstić information content (AvgIpc) is 3.06. The van der Waals surface area contributed by atoms with E-state index < -0.39 is 28.1 Å². The van der Waals surface area contributed by atoms with Crippen molar-refractivity contribution in [2.24, 2.45) is 0 Å². The molecule has 0 radical (unpaired) electrons. The predicted octanol–water partition coefficient (Wildman–Crippen LogP) is 2.28. The highest BCUT2D eigenvalue weighted by Crippen LogP contribution is 2.27. The Hall–Kier alpha value is -3.07. The molecule has 1 atom stereocenters. The fourth-order valence-corrected chi connectivity index (χ4v) is 3.79. The Morgan fingerprint density at radius 1 is 1.21 bits per heavy atom. The first-order valence-corrected chi connectivity index (χ1v) is 9.94. The van der Waals surface area contributed by atoms with Gasteiger partial charge in [0.1, 0.15) is 5.75 Å². The van der Waals surface area contributed by atoms with E-state index in [9.17, 15) is 18.0 Å². The van der Waals surface area contributed by atoms with Crippen molar-refractivity contribution in [1.29, 1.82) is 0 Å². The zero-order valence-corrected chi connectivity index (χ0v) is 16.1. The van der Waals surface area contributed by atoms with E-state index in [0.29, 0.717) is 11.3 Å². The fraction of sp³-hybridized carbons (Fsp3) is 0.263. The first-order chi connectivity index (χ1) is 13.3. The first kappa shape index (κ1) is 19.7. The highest BCUT2D eigenvalue weighted by Gasteiger charge is 2.31. The number of nitrogens with one attached hydrogen (secondary N) is 1. The van der Waals surface area contributed by atoms with Crippen molar-refractivity contribution in [3.8, 4) is 5.75 Å². The van der Waals surface area contributed by atoms with Crippen LogP contribution < -0.4 is 9.46 Å². The molecule has 0 unspecified atom stereocenters. The number of sulfonamides is 1. The second-order valence-corrected chi connectivity index (χ2v) is 7.82. The second-order valence-electron chi connectivity index (χ2n) is 6.13. The summed E-state index contributed by atoms with van der Waals surface area (Å²) in [5.74, 6) is -1.03. The molecule has 3 rings (SSSR count). The molecule has 8 nitrogen and oxygen atoms in total. The van der Waals surface area contributed by atoms with Crippen LogP contribution in [0.15, 0.2) is 47.4 Å². The molecule has 1 aliphatic rings. The molecule has 0 aromatic heterocycles. The van der Waals surface area contributed by atoms with Gasteiger partial charge in [0.2, 0.25) is 6.10 Å². The number of para-hydroxylation sites is 2. The van der Waals surface area contributed by atoms with E-state index >= 15 is 0 Å². The van der Waals surface area contributed by atoms with E-state index in [-0.39, 0.29) is 29.2 Å². The number of carbonyl (C=O) groups excluding carboxylic acids is 2. The van der Waals surface area contributed by atoms with E-state index in [0.717, 1.165) is 0 Å². The standard InChI is InChI=1S/C19H19NO7S/c1-12-7-8-13(11-14(12)18(21)27-17-9-10-26-19(17)22)28(23,24)20-15-5-3-4-6-16(15)25-2/h3-8,11,17,20H,9-10H2,1-2H3/t17-/m1/s1. The third-order valence-corrected chi connectivity index (χ3v) is 5.59. The number of hydrogen-bond acceptors (Lipinski definition) is 7. The van der Waals surface area contributed by atoms with Crippen LogP contribution in [0.5, 0.6) is 5.75 Å². The first-order valence-electron chi connectivity index (χ1n) is 8.46. The Labute approximate surface area is 162 Å². The molecular weight excluding hydrogens is 386 g/mol. The number of carbonyl (C=O) groups is 2. The highest BCUT2D eigenvalue weighted by atomic mass is 32.2. The van der Waals surface area contributed by atoms with Gasteiger partial charge in [0.15, 0.2) is 0 Å². The molecule has 0 spiro atoms. The smallest absolute Gasteiger partial charge is 0.347 e. The van der Waals surface area contributed by atoms with Gasteiger partial charge in [-0.05, 0) is 36.8 Å². The zero-order valence-electron chi connectivity index (χ0n) is 15.3. The topological polar surface area (TPSA) is 108 Å². The summed E-state index contributed by atoms with van der Waals surface area (Å²) < 4.78 is 43.0. The monoisotopic (exact) mass is 405 g/mol. The van der Waals surface area contributed by atoms with Crippen molar-refractivity contribution in [2.45, 2.75) is 24.3 Å². The van der Waals surface area contributed by atoms with Crippen LogP contribution in [0.4, 0.5) is 5.69 Å². The molecule has 0 amide bonds. The number of cyclic esters (lactones) is 1. The number of benzene rings is 2. The van der Waals surface area contributed by atoms with Gasteiger partial charge in [-0.25, -0.2) is 18.0 Å². The lowest BCUT2D eigenvalue weighted by atomic mass is 10.1. The van der Waals surface area contributed by atoms with Crippen LogP contribution in [0.1, 0.15) is 22.3 Å². The van der Waals surface area contributed by atoms with Crippen molar-refractivity contribution >= 4 is 27.6 Å². The summed E-state index contributed by atoms with van der Waals surface area (Å²) in [6.45, 7) is 1.83. The number of methoxy groups -OCH3 is 1. The van der Waals surface area contributed by atoms with Crippen molar-refractivity contribution in [1.82, 2.24) is 0 Å². The lowest BCUT2D eigenvalue weighted by molar-refractivity contribution is -0.145. The van der Waals surface area contributed by atoms with E-state index in [1.807, 2.05) is 0 Å². The van der Waals surface area contributed by atoms with Crippen LogP contribution in [-0.4, -0.2) is 40.2 Å². The van der Waals surface area contributed by atoms with E-state index in [1.165, 1.54) is 25.3 Å². The molecule has 0 bridgehead atoms. The minimum atomic E-state index is -3.99. The molecule has 2 aromatic rings. The number of ether oxygens (including phenoxy) is 3. The van der Waals surface area contributed by atoms with Gasteiger partial charge in [0.05, 0.1) is 29.9 Å². The largest absolute Gasteiger partial charge is 0.495 e. The number of esters is 2. The van der Waals surface area contributed by atoms with E-state index in [1.54, 1.807) is 31.2 Å². The third-order valence-electron chi connectivity index (χ3n) is 4.23. The Balaban J connectivity index is 1.87. The molecule has 0 aliphatic carbocycles. The predicted molar refractivity (Wildman–Crippen MR) is 99.8 cm³/mol. The van der Waals surface area contributed by atoms with Gasteiger partial charge in [0, 0.05) is 6.42 Å². The molecule has 1 saturated heterocycles. The van der Waals surface area contributed by atoms with Crippen molar-refractivity contribution in [3.05, 3.63) is 53.6 Å². The van der Waals surface area contributed by atoms with Crippen LogP contribution in [0, 0.1) is 6.92 Å². The Bertz CT molecular complexity index is 1020. The van der Waals surface area contributed by atoms with Gasteiger partial charge in [-0.3, -0.25) is 4.72 Å². The molecule has 1 heterocycles. The molecule has 148 valence electrons. The molecule has 9 heteroatoms. The lowest BCUT2D eigenvalue weighted by Gasteiger charge is -2.14. The second kappa shape index (κ2) is 7.89. The van der Waals surface area contributed by atoms with E-state index in [4.69, 9.17) is 14.2 Å². The summed E-state index contributed by atoms with van der Waals surface area (Å²) in [6, 6.07) is 10.7. The molecule has 28 heavy (non-hydrogen) atoms. The number of aryl methyl sites for hydroxylation is 1. The fourth-order valence-electron chi connectivity index (χ4n) is 2.70. The quantitative estimate of drug-likeness (QED) is 0.735. The van der Waals surface area contributed by atoms with Crippen molar-refractivity contribution in [3.63, 3.8) is 0 Å². The summed E-state index contributed by atoms with van der Waals surface area (Å²) in [6.07, 6.45) is -0.699. The summed E-state index contributed by atoms with van der Waals surface area (Å²) in [4.78, 5) is 23.8. The number of anilines is 1. The highest BCUT2D eigenvalue weighted by molar-refractivity contribution is 7.92. The van der Waals surface area contributed by atoms with Crippen LogP contribution in [0.3, 0.4) is 0 Å². The summed E-state index contributed by atoms with van der Waals surface area (Å²) in [5.41, 5.74) is 0.846. The van der Waals surface area contributed by atoms with Crippen molar-refractivity contribution in [2.75, 3.05) is 18.4 Å². The molecular formula is C19H19NO7S. The van der Waals surface area contributed by atoms with Crippen molar-refractivity contribution < 1.29 is 32.2 Å². The van der Waals surface area contributed by atoms with Crippen LogP contribution >= 0.6 is 0 Å². The van der Waals surface area contributed by atoms with Gasteiger partial charge in [0.25, 0.3) is 10.0 Å². The van der Waals surface area contributed by atoms with Gasteiger partial charge < -0.3 is 14.2 Å². The number of hydrogen-bond donors (Lipinski definition) is 1. The Morgan fingerprint density at radius 2 is 1.96 bits per heavy atom. The third kappa shape index (κ3) is 4.09. The maximum Gasteiger partial charge on any atom is 0.347 e. The zero-order chi connectivity index (χ0) is 20.3. The normalized spacial score (nSPS) is 16.4. The average molecular weight is 405 g/mol. The maximum atomic E-state index is 12.8. The van der Waals surface area contributed by atoms with Gasteiger partial charge in [-0.2, -0.15) is 0 Å². The maximum absolute atomic E-state index is 12.8. The lowest BCUT2D eigenvalue weighted by Crippen LogP contribution is -2.23. The van der Waals surface area contributed by atoms with Gasteiger partial charge in [-0.1, -0.05) is 18.2 Å². The molecule has 1 aliphatic heterocycles. The SMILES string of the molecule is COc1ccccc1NS(=O)(=O)c1ccc(C)c(C(=O)O[C@@H]2CCOC2=O)c1. The summed E-state index contributed by atoms with van der Waals surface area (Å²) in [5, 5.41) is 0. The van der Waals surface area contributed by atoms with E-state index in [2.05, 4.69) is 4.72 Å². The Kier molecular flexibility index (Phi) is 5.55. The molecule has 2 aromatic carbocycles.